The van der Waals surface area contributed by atoms with E-state index in [0.717, 1.165) is 26.5 Å². The Hall–Kier alpha value is -6.71. The van der Waals surface area contributed by atoms with Crippen molar-refractivity contribution in [1.82, 2.24) is 46.6 Å². The van der Waals surface area contributed by atoms with Gasteiger partial charge in [0, 0.05) is 68.3 Å². The van der Waals surface area contributed by atoms with Gasteiger partial charge >= 0.3 is 0 Å². The Morgan fingerprint density at radius 2 is 1.05 bits per heavy atom. The second kappa shape index (κ2) is 28.3. The van der Waals surface area contributed by atoms with Crippen LogP contribution >= 0.6 is 46.6 Å². The minimum absolute atomic E-state index is 0.0396. The number of thioether (sulfide) groups is 1. The lowest BCUT2D eigenvalue weighted by molar-refractivity contribution is -0.145. The van der Waals surface area contributed by atoms with Gasteiger partial charge in [0.25, 0.3) is 0 Å². The van der Waals surface area contributed by atoms with Crippen LogP contribution in [0.5, 0.6) is 0 Å². The number of aliphatic hydroxyl groups is 1. The number of nitrogens with zero attached hydrogens (tertiary/aromatic N) is 3. The summed E-state index contributed by atoms with van der Waals surface area (Å²) < 4.78 is 0. The number of nitrogens with one attached hydrogen (secondary N) is 6. The SMILES string of the molecule is CNC(=O)[C@@H]1CSCC(=O)N[C@@H](C)C(=O)N(C)[C@@H](Cc2ccc(Cl)cc2)C(=O)NCC(=O)N[C@@H](c2ccccc2)C(=O)N(C)[C@@H](Cc2ccc(Cl)cc2)C(=O)N[C@@H](CO)C(=O)N(C)[C@@H](Cc2ccc(Cl)cc2)C(=O)N1. The Balaban J connectivity index is 1.57. The summed E-state index contributed by atoms with van der Waals surface area (Å²) in [6, 6.07) is 18.0. The number of aliphatic hydroxyl groups excluding tert-OH is 1. The molecule has 75 heavy (non-hydrogen) atoms. The molecule has 0 spiro atoms. The van der Waals surface area contributed by atoms with Gasteiger partial charge in [0.15, 0.2) is 0 Å². The molecule has 4 aromatic carbocycles. The fourth-order valence-corrected chi connectivity index (χ4v) is 9.32. The molecule has 1 saturated heterocycles. The maximum Gasteiger partial charge on any atom is 0.250 e. The molecule has 0 saturated carbocycles. The van der Waals surface area contributed by atoms with E-state index in [-0.39, 0.29) is 30.8 Å². The number of benzene rings is 4. The van der Waals surface area contributed by atoms with Crippen LogP contribution in [0, 0.1) is 0 Å². The molecule has 23 heteroatoms. The molecule has 1 fully saturated rings. The first-order valence-corrected chi connectivity index (χ1v) is 26.0. The highest BCUT2D eigenvalue weighted by atomic mass is 35.5. The van der Waals surface area contributed by atoms with Crippen molar-refractivity contribution in [3.8, 4) is 0 Å². The predicted octanol–water partition coefficient (Wildman–Crippen LogP) is 2.09. The maximum absolute atomic E-state index is 14.8. The summed E-state index contributed by atoms with van der Waals surface area (Å²) in [5.74, 6) is -7.32. The van der Waals surface area contributed by atoms with Gasteiger partial charge in [0.05, 0.1) is 18.9 Å². The van der Waals surface area contributed by atoms with E-state index in [1.807, 2.05) is 0 Å². The molecule has 5 rings (SSSR count). The highest BCUT2D eigenvalue weighted by molar-refractivity contribution is 8.00. The average Bonchev–Trinajstić information content (AvgIpc) is 3.40. The lowest BCUT2D eigenvalue weighted by Gasteiger charge is -2.34. The Bertz CT molecular complexity index is 2670. The molecule has 4 aromatic rings. The molecule has 7 atom stereocenters. The smallest absolute Gasteiger partial charge is 0.250 e. The molecule has 400 valence electrons. The summed E-state index contributed by atoms with van der Waals surface area (Å²) >= 11 is 19.5. The number of hydrogen-bond donors (Lipinski definition) is 7. The zero-order valence-electron chi connectivity index (χ0n) is 41.8. The number of rotatable bonds is 9. The summed E-state index contributed by atoms with van der Waals surface area (Å²) in [6.07, 6.45) is -0.319. The van der Waals surface area contributed by atoms with Crippen LogP contribution in [-0.4, -0.2) is 162 Å². The fraction of sp³-hybridized carbons (Fsp3) is 0.365. The van der Waals surface area contributed by atoms with E-state index < -0.39 is 109 Å². The Labute approximate surface area is 454 Å². The van der Waals surface area contributed by atoms with Crippen LogP contribution in [0.15, 0.2) is 103 Å². The number of hydrogen-bond acceptors (Lipinski definition) is 11. The van der Waals surface area contributed by atoms with Crippen molar-refractivity contribution >= 4 is 99.7 Å². The zero-order valence-corrected chi connectivity index (χ0v) is 44.9. The molecule has 0 bridgehead atoms. The van der Waals surface area contributed by atoms with Crippen molar-refractivity contribution in [2.75, 3.05) is 52.8 Å². The number of halogens is 3. The van der Waals surface area contributed by atoms with Gasteiger partial charge < -0.3 is 51.7 Å². The molecular weight excluding hydrogens is 1050 g/mol. The minimum Gasteiger partial charge on any atom is -0.394 e. The quantitative estimate of drug-likeness (QED) is 0.128. The molecule has 0 aliphatic carbocycles. The van der Waals surface area contributed by atoms with Gasteiger partial charge in [-0.15, -0.1) is 11.8 Å². The van der Waals surface area contributed by atoms with Gasteiger partial charge in [-0.05, 0) is 65.6 Å². The first kappa shape index (κ1) is 59.2. The highest BCUT2D eigenvalue weighted by Crippen LogP contribution is 2.22. The second-order valence-electron chi connectivity index (χ2n) is 17.7. The molecule has 1 heterocycles. The van der Waals surface area contributed by atoms with Gasteiger partial charge in [-0.3, -0.25) is 43.2 Å². The van der Waals surface area contributed by atoms with Crippen LogP contribution < -0.4 is 31.9 Å². The van der Waals surface area contributed by atoms with Crippen LogP contribution in [0.1, 0.15) is 35.2 Å². The van der Waals surface area contributed by atoms with Crippen molar-refractivity contribution < 1.29 is 48.3 Å². The molecule has 0 aromatic heterocycles. The van der Waals surface area contributed by atoms with Gasteiger partial charge in [-0.2, -0.15) is 0 Å². The average molecular weight is 1110 g/mol. The molecule has 0 radical (unpaired) electrons. The monoisotopic (exact) mass is 1110 g/mol. The topological polar surface area (TPSA) is 256 Å². The van der Waals surface area contributed by atoms with Crippen molar-refractivity contribution in [2.24, 2.45) is 0 Å². The molecule has 19 nitrogen and oxygen atoms in total. The second-order valence-corrected chi connectivity index (χ2v) is 20.1. The molecule has 9 amide bonds. The van der Waals surface area contributed by atoms with E-state index in [9.17, 15) is 48.3 Å². The lowest BCUT2D eigenvalue weighted by atomic mass is 10.00. The number of carbonyl (C=O) groups excluding carboxylic acids is 9. The van der Waals surface area contributed by atoms with Crippen molar-refractivity contribution in [3.05, 3.63) is 140 Å². The molecule has 0 unspecified atom stereocenters. The van der Waals surface area contributed by atoms with Crippen molar-refractivity contribution in [2.45, 2.75) is 68.5 Å². The summed E-state index contributed by atoms with van der Waals surface area (Å²) in [4.78, 5) is 130. The Morgan fingerprint density at radius 3 is 1.53 bits per heavy atom. The Morgan fingerprint density at radius 1 is 0.600 bits per heavy atom. The van der Waals surface area contributed by atoms with Crippen molar-refractivity contribution in [1.29, 1.82) is 0 Å². The first-order chi connectivity index (χ1) is 35.7. The van der Waals surface area contributed by atoms with Gasteiger partial charge in [-0.1, -0.05) is 102 Å². The Kier molecular flexibility index (Phi) is 22.3. The predicted molar refractivity (Wildman–Crippen MR) is 285 cm³/mol. The third-order valence-electron chi connectivity index (χ3n) is 12.4. The largest absolute Gasteiger partial charge is 0.394 e. The van der Waals surface area contributed by atoms with Crippen molar-refractivity contribution in [3.63, 3.8) is 0 Å². The normalized spacial score (nSPS) is 22.8. The summed E-state index contributed by atoms with van der Waals surface area (Å²) in [5, 5.41) is 27.6. The van der Waals surface area contributed by atoms with E-state index in [1.54, 1.807) is 103 Å². The van der Waals surface area contributed by atoms with E-state index in [2.05, 4.69) is 31.9 Å². The molecule has 1 aliphatic rings. The molecule has 7 N–H and O–H groups in total. The number of likely N-dealkylation sites (N-methyl/N-ethyl adjacent to an activating group) is 4. The van der Waals surface area contributed by atoms with Crippen LogP contribution in [0.4, 0.5) is 0 Å². The van der Waals surface area contributed by atoms with Crippen LogP contribution in [0.2, 0.25) is 15.1 Å². The van der Waals surface area contributed by atoms with Crippen LogP contribution in [-0.2, 0) is 62.4 Å². The summed E-state index contributed by atoms with van der Waals surface area (Å²) in [7, 11) is 5.35. The lowest BCUT2D eigenvalue weighted by Crippen LogP contribution is -2.60. The first-order valence-electron chi connectivity index (χ1n) is 23.7. The standard InChI is InChI=1S/C52H60Cl3N9O10S/c1-30-50(72)62(3)40(23-31-11-17-35(53)18-12-31)47(69)57-26-43(66)61-45(34-9-7-6-8-10-34)52(74)64(5)42(25-33-15-21-37(55)22-16-33)48(70)59-38(27-65)51(73)63(4)41(24-32-13-19-36(54)20-14-32)49(71)60-39(46(68)56-2)28-75-29-44(67)58-30/h6-22,30,38-42,45,65H,23-29H2,1-5H3,(H,56,68)(H,57,69)(H,58,67)(H,59,70)(H,60,71)(H,61,66)/t30-,38-,39-,40-,41-,42-,45-/m0/s1. The fourth-order valence-electron chi connectivity index (χ4n) is 8.09. The van der Waals surface area contributed by atoms with E-state index in [1.165, 1.54) is 35.1 Å². The van der Waals surface area contributed by atoms with Crippen LogP contribution in [0.25, 0.3) is 0 Å². The third-order valence-corrected chi connectivity index (χ3v) is 14.2. The molecular formula is C52H60Cl3N9O10S. The molecule has 1 aliphatic heterocycles. The number of amides is 9. The minimum atomic E-state index is -1.68. The highest BCUT2D eigenvalue weighted by Gasteiger charge is 2.39. The van der Waals surface area contributed by atoms with E-state index >= 15 is 0 Å². The summed E-state index contributed by atoms with van der Waals surface area (Å²) in [5.41, 5.74) is 2.00. The van der Waals surface area contributed by atoms with Gasteiger partial charge in [0.1, 0.15) is 42.3 Å². The number of carbonyl (C=O) groups is 9. The third kappa shape index (κ3) is 16.9. The van der Waals surface area contributed by atoms with Crippen LogP contribution in [0.3, 0.4) is 0 Å². The zero-order chi connectivity index (χ0) is 54.9. The van der Waals surface area contributed by atoms with Gasteiger partial charge in [0.2, 0.25) is 53.2 Å². The summed E-state index contributed by atoms with van der Waals surface area (Å²) in [6.45, 7) is -0.195. The maximum atomic E-state index is 14.8. The van der Waals surface area contributed by atoms with E-state index in [4.69, 9.17) is 34.8 Å². The van der Waals surface area contributed by atoms with E-state index in [0.29, 0.717) is 37.3 Å². The van der Waals surface area contributed by atoms with Gasteiger partial charge in [-0.25, -0.2) is 0 Å².